The van der Waals surface area contributed by atoms with Gasteiger partial charge in [0.2, 0.25) is 11.6 Å². The molecular weight excluding hydrogens is 170 g/mol. The number of nitrogens with two attached hydrogens (primary N) is 1. The summed E-state index contributed by atoms with van der Waals surface area (Å²) in [7, 11) is 0. The van der Waals surface area contributed by atoms with Gasteiger partial charge >= 0.3 is 0 Å². The average Bonchev–Trinajstić information content (AvgIpc) is 2.52. The number of aromatic nitrogens is 5. The second-order valence-electron chi connectivity index (χ2n) is 2.46. The van der Waals surface area contributed by atoms with Gasteiger partial charge in [-0.25, -0.2) is 0 Å². The summed E-state index contributed by atoms with van der Waals surface area (Å²) in [4.78, 5) is 7.90. The predicted octanol–water partition coefficient (Wildman–Crippen LogP) is -0.238. The molecule has 0 fully saturated rings. The third kappa shape index (κ3) is 1.24. The van der Waals surface area contributed by atoms with Crippen molar-refractivity contribution in [2.24, 2.45) is 0 Å². The van der Waals surface area contributed by atoms with Gasteiger partial charge in [0.1, 0.15) is 0 Å². The number of aromatic amines is 1. The Hall–Kier alpha value is -1.92. The van der Waals surface area contributed by atoms with Gasteiger partial charge in [0.25, 0.3) is 0 Å². The van der Waals surface area contributed by atoms with Crippen molar-refractivity contribution in [3.05, 3.63) is 0 Å². The Labute approximate surface area is 73.8 Å². The Morgan fingerprint density at radius 1 is 1.38 bits per heavy atom. The third-order valence-electron chi connectivity index (χ3n) is 1.54. The van der Waals surface area contributed by atoms with Gasteiger partial charge in [-0.1, -0.05) is 0 Å². The van der Waals surface area contributed by atoms with E-state index in [2.05, 4.69) is 30.7 Å². The number of H-pyrrole nitrogens is 1. The first kappa shape index (κ1) is 7.71. The minimum Gasteiger partial charge on any atom is -0.368 e. The van der Waals surface area contributed by atoms with Gasteiger partial charge in [-0.2, -0.15) is 20.3 Å². The zero-order chi connectivity index (χ0) is 9.26. The van der Waals surface area contributed by atoms with Crippen molar-refractivity contribution in [3.63, 3.8) is 0 Å². The summed E-state index contributed by atoms with van der Waals surface area (Å²) in [5, 5.41) is 13.2. The predicted molar refractivity (Wildman–Crippen MR) is 48.1 cm³/mol. The fourth-order valence-corrected chi connectivity index (χ4v) is 1.05. The molecule has 68 valence electrons. The molecule has 0 bridgehead atoms. The molecule has 0 aliphatic carbocycles. The summed E-state index contributed by atoms with van der Waals surface area (Å²) in [5.74, 6) is 0.802. The molecule has 0 unspecified atom stereocenters. The molecule has 2 aromatic rings. The minimum absolute atomic E-state index is 0.192. The molecule has 0 amide bonds. The first-order chi connectivity index (χ1) is 6.31. The molecule has 0 radical (unpaired) electrons. The lowest BCUT2D eigenvalue weighted by Gasteiger charge is -2.01. The maximum atomic E-state index is 5.47. The maximum absolute atomic E-state index is 5.47. The van der Waals surface area contributed by atoms with E-state index in [0.29, 0.717) is 17.0 Å². The van der Waals surface area contributed by atoms with Crippen molar-refractivity contribution in [2.45, 2.75) is 6.92 Å². The zero-order valence-corrected chi connectivity index (χ0v) is 7.07. The van der Waals surface area contributed by atoms with Crippen molar-refractivity contribution < 1.29 is 0 Å². The maximum Gasteiger partial charge on any atom is 0.224 e. The normalized spacial score (nSPS) is 10.5. The number of anilines is 2. The molecule has 7 nitrogen and oxygen atoms in total. The van der Waals surface area contributed by atoms with Crippen LogP contribution in [-0.2, 0) is 0 Å². The van der Waals surface area contributed by atoms with Crippen LogP contribution in [0.15, 0.2) is 0 Å². The van der Waals surface area contributed by atoms with Crippen LogP contribution in [0.3, 0.4) is 0 Å². The molecule has 2 heterocycles. The lowest BCUT2D eigenvalue weighted by Crippen LogP contribution is -2.04. The molecule has 13 heavy (non-hydrogen) atoms. The summed E-state index contributed by atoms with van der Waals surface area (Å²) in [6.45, 7) is 2.71. The highest BCUT2D eigenvalue weighted by Crippen LogP contribution is 2.15. The van der Waals surface area contributed by atoms with Gasteiger partial charge in [0.15, 0.2) is 11.3 Å². The van der Waals surface area contributed by atoms with Crippen molar-refractivity contribution in [2.75, 3.05) is 17.6 Å². The van der Waals surface area contributed by atoms with Gasteiger partial charge in [-0.15, -0.1) is 5.10 Å². The highest BCUT2D eigenvalue weighted by Gasteiger charge is 2.08. The van der Waals surface area contributed by atoms with Gasteiger partial charge in [-0.3, -0.25) is 0 Å². The number of nitrogens with zero attached hydrogens (tertiary/aromatic N) is 4. The number of hydrogen-bond acceptors (Lipinski definition) is 6. The number of fused-ring (bicyclic) bond motifs is 1. The number of nitrogen functional groups attached to an aromatic ring is 1. The van der Waals surface area contributed by atoms with Crippen LogP contribution in [0, 0.1) is 0 Å². The minimum atomic E-state index is 0.192. The Morgan fingerprint density at radius 2 is 2.23 bits per heavy atom. The smallest absolute Gasteiger partial charge is 0.224 e. The van der Waals surface area contributed by atoms with Crippen LogP contribution in [0.2, 0.25) is 0 Å². The first-order valence-electron chi connectivity index (χ1n) is 3.89. The van der Waals surface area contributed by atoms with E-state index in [1.807, 2.05) is 6.92 Å². The number of hydrogen-bond donors (Lipinski definition) is 3. The monoisotopic (exact) mass is 179 g/mol. The number of rotatable bonds is 2. The van der Waals surface area contributed by atoms with Crippen LogP contribution >= 0.6 is 0 Å². The molecule has 4 N–H and O–H groups in total. The van der Waals surface area contributed by atoms with E-state index in [1.165, 1.54) is 0 Å². The Morgan fingerprint density at radius 3 is 3.00 bits per heavy atom. The topological polar surface area (TPSA) is 105 Å². The van der Waals surface area contributed by atoms with Gasteiger partial charge < -0.3 is 11.1 Å². The lowest BCUT2D eigenvalue weighted by atomic mass is 10.5. The van der Waals surface area contributed by atoms with E-state index in [9.17, 15) is 0 Å². The highest BCUT2D eigenvalue weighted by molar-refractivity contribution is 5.82. The second kappa shape index (κ2) is 2.85. The Bertz CT molecular complexity index is 420. The second-order valence-corrected chi connectivity index (χ2v) is 2.46. The summed E-state index contributed by atoms with van der Waals surface area (Å²) < 4.78 is 0. The molecule has 2 rings (SSSR count). The van der Waals surface area contributed by atoms with E-state index in [1.54, 1.807) is 0 Å². The molecule has 0 spiro atoms. The van der Waals surface area contributed by atoms with Crippen LogP contribution in [0.4, 0.5) is 11.8 Å². The zero-order valence-electron chi connectivity index (χ0n) is 7.07. The van der Waals surface area contributed by atoms with Crippen LogP contribution in [0.1, 0.15) is 6.92 Å². The molecule has 2 aromatic heterocycles. The summed E-state index contributed by atoms with van der Waals surface area (Å²) in [6.07, 6.45) is 0. The van der Waals surface area contributed by atoms with Crippen molar-refractivity contribution >= 4 is 22.9 Å². The first-order valence-corrected chi connectivity index (χ1v) is 3.89. The van der Waals surface area contributed by atoms with Gasteiger partial charge in [-0.05, 0) is 6.92 Å². The van der Waals surface area contributed by atoms with Crippen molar-refractivity contribution in [1.82, 2.24) is 25.4 Å². The van der Waals surface area contributed by atoms with Crippen molar-refractivity contribution in [3.8, 4) is 0 Å². The molecule has 0 aliphatic heterocycles. The van der Waals surface area contributed by atoms with E-state index in [0.717, 1.165) is 6.54 Å². The van der Waals surface area contributed by atoms with Gasteiger partial charge in [0.05, 0.1) is 0 Å². The number of nitrogens with one attached hydrogen (secondary N) is 2. The van der Waals surface area contributed by atoms with E-state index < -0.39 is 0 Å². The molecule has 0 atom stereocenters. The fourth-order valence-electron chi connectivity index (χ4n) is 1.05. The van der Waals surface area contributed by atoms with Crippen LogP contribution in [0.25, 0.3) is 11.2 Å². The van der Waals surface area contributed by atoms with Crippen LogP contribution in [-0.4, -0.2) is 31.9 Å². The molecule has 0 aliphatic rings. The summed E-state index contributed by atoms with van der Waals surface area (Å²) >= 11 is 0. The van der Waals surface area contributed by atoms with Crippen LogP contribution < -0.4 is 11.1 Å². The third-order valence-corrected chi connectivity index (χ3v) is 1.54. The average molecular weight is 179 g/mol. The Kier molecular flexibility index (Phi) is 1.69. The molecule has 0 aromatic carbocycles. The van der Waals surface area contributed by atoms with E-state index in [-0.39, 0.29) is 5.95 Å². The standard InChI is InChI=1S/C6H9N7/c1-2-8-4-3-5(12-13-11-3)10-6(7)9-4/h2H2,1H3,(H4,7,8,9,10,11,12,13). The Balaban J connectivity index is 2.63. The quantitative estimate of drug-likeness (QED) is 0.587. The molecule has 0 saturated carbocycles. The fraction of sp³-hybridized carbons (Fsp3) is 0.333. The summed E-state index contributed by atoms with van der Waals surface area (Å²) in [6, 6.07) is 0. The van der Waals surface area contributed by atoms with E-state index in [4.69, 9.17) is 5.73 Å². The SMILES string of the molecule is CCNc1nc(N)nc2n[nH]nc12. The molecule has 0 saturated heterocycles. The van der Waals surface area contributed by atoms with Gasteiger partial charge in [0, 0.05) is 6.54 Å². The lowest BCUT2D eigenvalue weighted by molar-refractivity contribution is 0.954. The molecular formula is C6H9N7. The highest BCUT2D eigenvalue weighted by atomic mass is 15.4. The van der Waals surface area contributed by atoms with Crippen molar-refractivity contribution in [1.29, 1.82) is 0 Å². The largest absolute Gasteiger partial charge is 0.368 e. The van der Waals surface area contributed by atoms with Crippen LogP contribution in [0.5, 0.6) is 0 Å². The van der Waals surface area contributed by atoms with E-state index >= 15 is 0 Å². The molecule has 7 heteroatoms. The summed E-state index contributed by atoms with van der Waals surface area (Å²) in [5.41, 5.74) is 6.55.